The first-order chi connectivity index (χ1) is 32.0. The molecule has 6 heteroatoms. The van der Waals surface area contributed by atoms with Gasteiger partial charge in [0.15, 0.2) is 0 Å². The molecule has 3 unspecified atom stereocenters. The highest BCUT2D eigenvalue weighted by Crippen LogP contribution is 2.18. The van der Waals surface area contributed by atoms with Crippen LogP contribution in [0.4, 0.5) is 0 Å². The molecule has 0 aliphatic carbocycles. The van der Waals surface area contributed by atoms with Crippen LogP contribution in [0.25, 0.3) is 0 Å². The maximum Gasteiger partial charge on any atom is 0.306 e. The fourth-order valence-electron chi connectivity index (χ4n) is 8.16. The van der Waals surface area contributed by atoms with Gasteiger partial charge in [-0.1, -0.05) is 261 Å². The number of aliphatic hydroxyl groups is 2. The number of amides is 1. The number of nitrogens with one attached hydrogen (secondary N) is 1. The van der Waals surface area contributed by atoms with E-state index in [9.17, 15) is 19.8 Å². The van der Waals surface area contributed by atoms with E-state index in [0.29, 0.717) is 19.3 Å². The third kappa shape index (κ3) is 47.6. The highest BCUT2D eigenvalue weighted by atomic mass is 16.5. The van der Waals surface area contributed by atoms with E-state index in [2.05, 4.69) is 92.9 Å². The fraction of sp³-hybridized carbons (Fsp3) is 0.763. The topological polar surface area (TPSA) is 95.9 Å². The molecule has 0 bridgehead atoms. The van der Waals surface area contributed by atoms with Crippen molar-refractivity contribution in [3.8, 4) is 0 Å². The van der Waals surface area contributed by atoms with Crippen LogP contribution in [-0.2, 0) is 14.3 Å². The summed E-state index contributed by atoms with van der Waals surface area (Å²) in [7, 11) is 0. The zero-order chi connectivity index (χ0) is 47.4. The minimum absolute atomic E-state index is 0.0476. The van der Waals surface area contributed by atoms with E-state index >= 15 is 0 Å². The second kappa shape index (κ2) is 52.3. The Hall–Kier alpha value is -2.70. The van der Waals surface area contributed by atoms with Crippen molar-refractivity contribution in [2.75, 3.05) is 6.61 Å². The average molecular weight is 908 g/mol. The molecule has 0 aliphatic rings. The second-order valence-electron chi connectivity index (χ2n) is 18.6. The molecule has 6 nitrogen and oxygen atoms in total. The number of ether oxygens (including phenoxy) is 1. The van der Waals surface area contributed by atoms with Gasteiger partial charge in [-0.2, -0.15) is 0 Å². The van der Waals surface area contributed by atoms with Crippen molar-refractivity contribution in [2.24, 2.45) is 0 Å². The maximum absolute atomic E-state index is 13.2. The molecule has 0 aromatic heterocycles. The van der Waals surface area contributed by atoms with Crippen molar-refractivity contribution in [3.05, 3.63) is 72.9 Å². The number of aliphatic hydroxyl groups excluding tert-OH is 2. The van der Waals surface area contributed by atoms with E-state index in [1.807, 2.05) is 6.08 Å². The summed E-state index contributed by atoms with van der Waals surface area (Å²) >= 11 is 0. The summed E-state index contributed by atoms with van der Waals surface area (Å²) in [4.78, 5) is 26.2. The number of carbonyl (C=O) groups excluding carboxylic acids is 2. The van der Waals surface area contributed by atoms with Gasteiger partial charge in [0.25, 0.3) is 0 Å². The molecule has 0 fully saturated rings. The summed E-state index contributed by atoms with van der Waals surface area (Å²) < 4.78 is 5.91. The Morgan fingerprint density at radius 3 is 1.17 bits per heavy atom. The molecule has 3 atom stereocenters. The Morgan fingerprint density at radius 1 is 0.462 bits per heavy atom. The first-order valence-corrected chi connectivity index (χ1v) is 27.7. The second-order valence-corrected chi connectivity index (χ2v) is 18.6. The summed E-state index contributed by atoms with van der Waals surface area (Å²) in [6.45, 7) is 6.36. The summed E-state index contributed by atoms with van der Waals surface area (Å²) in [5.74, 6) is -0.568. The molecule has 3 N–H and O–H groups in total. The van der Waals surface area contributed by atoms with Crippen LogP contribution in [0.1, 0.15) is 265 Å². The molecule has 0 radical (unpaired) electrons. The molecule has 65 heavy (non-hydrogen) atoms. The molecule has 376 valence electrons. The van der Waals surface area contributed by atoms with Crippen LogP contribution in [0, 0.1) is 0 Å². The summed E-state index contributed by atoms with van der Waals surface area (Å²) in [5, 5.41) is 23.8. The molecule has 0 aliphatic heterocycles. The van der Waals surface area contributed by atoms with Crippen LogP contribution < -0.4 is 5.32 Å². The fourth-order valence-corrected chi connectivity index (χ4v) is 8.16. The van der Waals surface area contributed by atoms with E-state index in [0.717, 1.165) is 77.0 Å². The average Bonchev–Trinajstić information content (AvgIpc) is 3.30. The van der Waals surface area contributed by atoms with Crippen molar-refractivity contribution < 1.29 is 24.5 Å². The molecular formula is C59H105NO5. The maximum atomic E-state index is 13.2. The van der Waals surface area contributed by atoms with Gasteiger partial charge in [-0.15, -0.1) is 0 Å². The minimum atomic E-state index is -0.800. The Kier molecular flexibility index (Phi) is 50.1. The lowest BCUT2D eigenvalue weighted by Crippen LogP contribution is -2.46. The molecule has 1 amide bonds. The van der Waals surface area contributed by atoms with Crippen LogP contribution in [0.15, 0.2) is 72.9 Å². The van der Waals surface area contributed by atoms with Crippen LogP contribution in [0.3, 0.4) is 0 Å². The number of rotatable bonds is 49. The van der Waals surface area contributed by atoms with Crippen LogP contribution >= 0.6 is 0 Å². The molecule has 0 saturated carbocycles. The predicted molar refractivity (Wildman–Crippen MR) is 282 cm³/mol. The van der Waals surface area contributed by atoms with E-state index in [1.165, 1.54) is 135 Å². The van der Waals surface area contributed by atoms with Gasteiger partial charge in [-0.05, 0) is 64.2 Å². The van der Waals surface area contributed by atoms with Crippen molar-refractivity contribution in [1.29, 1.82) is 0 Å². The third-order valence-corrected chi connectivity index (χ3v) is 12.3. The van der Waals surface area contributed by atoms with Gasteiger partial charge in [0, 0.05) is 6.42 Å². The highest BCUT2D eigenvalue weighted by molar-refractivity contribution is 5.77. The Balaban J connectivity index is 4.67. The number of hydrogen-bond donors (Lipinski definition) is 3. The van der Waals surface area contributed by atoms with Crippen molar-refractivity contribution in [3.63, 3.8) is 0 Å². The SMILES string of the molecule is CC/C=C\C/C=C\C/C=C\C/C=C\C/C=C\C/C=C\CCC(=O)OC(CCCCCCCCCCCCCCCCCCC)CC(=O)NC(CO)C(O)CCCCCCCCCCCC. The molecule has 0 rings (SSSR count). The first-order valence-electron chi connectivity index (χ1n) is 27.7. The molecule has 0 spiro atoms. The summed E-state index contributed by atoms with van der Waals surface area (Å²) in [5.41, 5.74) is 0. The Morgan fingerprint density at radius 2 is 0.800 bits per heavy atom. The zero-order valence-electron chi connectivity index (χ0n) is 42.9. The Labute approximate surface area is 402 Å². The van der Waals surface area contributed by atoms with Crippen molar-refractivity contribution >= 4 is 11.9 Å². The predicted octanol–water partition coefficient (Wildman–Crippen LogP) is 17.0. The number of carbonyl (C=O) groups is 2. The van der Waals surface area contributed by atoms with Crippen LogP contribution in [-0.4, -0.2) is 46.9 Å². The Bertz CT molecular complexity index is 1200. The normalized spacial score (nSPS) is 13.7. The van der Waals surface area contributed by atoms with Crippen LogP contribution in [0.5, 0.6) is 0 Å². The third-order valence-electron chi connectivity index (χ3n) is 12.3. The lowest BCUT2D eigenvalue weighted by Gasteiger charge is -2.24. The standard InChI is InChI=1S/C59H105NO5/c1-4-7-10-13-16-19-22-24-26-28-29-31-33-35-37-40-43-46-49-52-59(64)65-55(50-47-44-41-38-36-34-32-30-27-25-23-20-17-14-11-8-5-2)53-58(63)60-56(54-61)57(62)51-48-45-42-39-21-18-15-12-9-6-3/h7,10,16,19,24,26,29,31,35,37,43,46,55-57,61-62H,4-6,8-9,11-15,17-18,20-23,25,27-28,30,32-34,36,38-42,44-45,47-54H2,1-3H3,(H,60,63)/b10-7-,19-16-,26-24-,31-29-,37-35-,46-43-. The van der Waals surface area contributed by atoms with E-state index < -0.39 is 18.2 Å². The van der Waals surface area contributed by atoms with Gasteiger partial charge < -0.3 is 20.3 Å². The highest BCUT2D eigenvalue weighted by Gasteiger charge is 2.24. The van der Waals surface area contributed by atoms with E-state index in [4.69, 9.17) is 4.74 Å². The monoisotopic (exact) mass is 908 g/mol. The van der Waals surface area contributed by atoms with Gasteiger partial charge in [-0.25, -0.2) is 0 Å². The smallest absolute Gasteiger partial charge is 0.306 e. The van der Waals surface area contributed by atoms with Gasteiger partial charge in [-0.3, -0.25) is 9.59 Å². The van der Waals surface area contributed by atoms with Crippen LogP contribution in [0.2, 0.25) is 0 Å². The van der Waals surface area contributed by atoms with Gasteiger partial charge >= 0.3 is 5.97 Å². The van der Waals surface area contributed by atoms with Gasteiger partial charge in [0.2, 0.25) is 5.91 Å². The molecule has 0 aromatic carbocycles. The number of hydrogen-bond acceptors (Lipinski definition) is 5. The van der Waals surface area contributed by atoms with Crippen molar-refractivity contribution in [2.45, 2.75) is 283 Å². The molecule has 0 heterocycles. The lowest BCUT2D eigenvalue weighted by molar-refractivity contribution is -0.150. The molecule has 0 aromatic rings. The minimum Gasteiger partial charge on any atom is -0.462 e. The molecular weight excluding hydrogens is 803 g/mol. The van der Waals surface area contributed by atoms with E-state index in [-0.39, 0.29) is 31.3 Å². The quantitative estimate of drug-likeness (QED) is 0.0321. The summed E-state index contributed by atoms with van der Waals surface area (Å²) in [6.07, 6.45) is 66.9. The van der Waals surface area contributed by atoms with E-state index in [1.54, 1.807) is 0 Å². The first kappa shape index (κ1) is 62.3. The van der Waals surface area contributed by atoms with Gasteiger partial charge in [0.1, 0.15) is 6.10 Å². The van der Waals surface area contributed by atoms with Crippen molar-refractivity contribution in [1.82, 2.24) is 5.32 Å². The summed E-state index contributed by atoms with van der Waals surface area (Å²) in [6, 6.07) is -0.717. The zero-order valence-corrected chi connectivity index (χ0v) is 42.9. The lowest BCUT2D eigenvalue weighted by atomic mass is 10.0. The van der Waals surface area contributed by atoms with Gasteiger partial charge in [0.05, 0.1) is 25.2 Å². The largest absolute Gasteiger partial charge is 0.462 e. The number of allylic oxidation sites excluding steroid dienone is 12. The number of esters is 1. The molecule has 0 saturated heterocycles. The number of unbranched alkanes of at least 4 members (excludes halogenated alkanes) is 25.